The molecule has 0 aliphatic carbocycles. The zero-order chi connectivity index (χ0) is 13.8. The lowest BCUT2D eigenvalue weighted by molar-refractivity contribution is 0.558. The van der Waals surface area contributed by atoms with Gasteiger partial charge in [-0.25, -0.2) is 8.42 Å². The van der Waals surface area contributed by atoms with Crippen molar-refractivity contribution in [1.82, 2.24) is 4.90 Å². The summed E-state index contributed by atoms with van der Waals surface area (Å²) in [4.78, 5) is 2.35. The molecular formula is C14H19NO2S. The highest BCUT2D eigenvalue weighted by Crippen LogP contribution is 2.21. The maximum absolute atomic E-state index is 12.5. The van der Waals surface area contributed by atoms with E-state index >= 15 is 0 Å². The summed E-state index contributed by atoms with van der Waals surface area (Å²) in [5.41, 5.74) is 0.947. The predicted octanol–water partition coefficient (Wildman–Crippen LogP) is 2.83. The quantitative estimate of drug-likeness (QED) is 0.786. The Morgan fingerprint density at radius 3 is 2.11 bits per heavy atom. The molecule has 0 aliphatic heterocycles. The van der Waals surface area contributed by atoms with Crippen LogP contribution in [0, 0.1) is 0 Å². The third-order valence-corrected chi connectivity index (χ3v) is 3.92. The van der Waals surface area contributed by atoms with Crippen LogP contribution in [0.3, 0.4) is 0 Å². The van der Waals surface area contributed by atoms with Gasteiger partial charge in [-0.1, -0.05) is 23.8 Å². The number of benzene rings is 1. The van der Waals surface area contributed by atoms with E-state index in [9.17, 15) is 8.42 Å². The summed E-state index contributed by atoms with van der Waals surface area (Å²) in [6.07, 6.45) is 3.30. The zero-order valence-electron chi connectivity index (χ0n) is 11.2. The summed E-state index contributed by atoms with van der Waals surface area (Å²) in [6, 6.07) is 8.47. The van der Waals surface area contributed by atoms with Gasteiger partial charge in [0, 0.05) is 20.3 Å². The molecule has 0 unspecified atom stereocenters. The summed E-state index contributed by atoms with van der Waals surface area (Å²) in [7, 11) is 0.162. The fraction of sp³-hybridized carbons (Fsp3) is 0.286. The first-order valence-corrected chi connectivity index (χ1v) is 7.15. The summed E-state index contributed by atoms with van der Waals surface area (Å²) >= 11 is 0. The minimum Gasteiger partial charge on any atom is -0.382 e. The van der Waals surface area contributed by atoms with Gasteiger partial charge in [0.15, 0.2) is 0 Å². The van der Waals surface area contributed by atoms with E-state index in [0.717, 1.165) is 5.57 Å². The van der Waals surface area contributed by atoms with Crippen molar-refractivity contribution in [3.63, 3.8) is 0 Å². The molecule has 0 aromatic heterocycles. The summed E-state index contributed by atoms with van der Waals surface area (Å²) in [6.45, 7) is 3.76. The van der Waals surface area contributed by atoms with Crippen LogP contribution < -0.4 is 0 Å². The van der Waals surface area contributed by atoms with Gasteiger partial charge in [0.1, 0.15) is 0 Å². The molecule has 0 fully saturated rings. The lowest BCUT2D eigenvalue weighted by atomic mass is 10.3. The van der Waals surface area contributed by atoms with Crippen molar-refractivity contribution in [2.24, 2.45) is 0 Å². The second kappa shape index (κ2) is 5.87. The first-order chi connectivity index (χ1) is 8.34. The van der Waals surface area contributed by atoms with E-state index in [1.165, 1.54) is 0 Å². The van der Waals surface area contributed by atoms with Crippen molar-refractivity contribution in [2.45, 2.75) is 18.7 Å². The third kappa shape index (κ3) is 3.74. The van der Waals surface area contributed by atoms with Gasteiger partial charge >= 0.3 is 0 Å². The van der Waals surface area contributed by atoms with Gasteiger partial charge in [-0.05, 0) is 32.1 Å². The van der Waals surface area contributed by atoms with Crippen LogP contribution >= 0.6 is 0 Å². The highest BCUT2D eigenvalue weighted by molar-refractivity contribution is 7.95. The maximum Gasteiger partial charge on any atom is 0.208 e. The van der Waals surface area contributed by atoms with E-state index in [-0.39, 0.29) is 0 Å². The Balaban J connectivity index is 3.35. The van der Waals surface area contributed by atoms with Crippen LogP contribution in [-0.4, -0.2) is 27.4 Å². The molecule has 18 heavy (non-hydrogen) atoms. The standard InChI is InChI=1S/C14H19NO2S/c1-12(2)10-14(11-15(3)4)18(16,17)13-8-6-5-7-9-13/h5-11H,1-4H3/b14-11+. The van der Waals surface area contributed by atoms with Gasteiger partial charge in [0.2, 0.25) is 9.84 Å². The molecule has 0 heterocycles. The minimum absolute atomic E-state index is 0.304. The molecule has 0 bridgehead atoms. The van der Waals surface area contributed by atoms with E-state index in [0.29, 0.717) is 9.80 Å². The van der Waals surface area contributed by atoms with Gasteiger partial charge in [-0.3, -0.25) is 0 Å². The Morgan fingerprint density at radius 2 is 1.67 bits per heavy atom. The summed E-state index contributed by atoms with van der Waals surface area (Å²) in [5.74, 6) is 0. The smallest absolute Gasteiger partial charge is 0.208 e. The van der Waals surface area contributed by atoms with Crippen LogP contribution in [0.1, 0.15) is 13.8 Å². The number of hydrogen-bond donors (Lipinski definition) is 0. The molecule has 1 aromatic carbocycles. The van der Waals surface area contributed by atoms with Crippen LogP contribution in [0.5, 0.6) is 0 Å². The van der Waals surface area contributed by atoms with Crippen LogP contribution in [0.4, 0.5) is 0 Å². The lowest BCUT2D eigenvalue weighted by Crippen LogP contribution is -2.09. The Hall–Kier alpha value is -1.55. The van der Waals surface area contributed by atoms with E-state index in [4.69, 9.17) is 0 Å². The van der Waals surface area contributed by atoms with Gasteiger partial charge in [-0.2, -0.15) is 0 Å². The average Bonchev–Trinajstić information content (AvgIpc) is 2.28. The Kier molecular flexibility index (Phi) is 4.73. The molecular weight excluding hydrogens is 246 g/mol. The fourth-order valence-corrected chi connectivity index (χ4v) is 2.99. The van der Waals surface area contributed by atoms with Crippen molar-refractivity contribution in [2.75, 3.05) is 14.1 Å². The topological polar surface area (TPSA) is 37.4 Å². The molecule has 0 saturated carbocycles. The van der Waals surface area contributed by atoms with Gasteiger partial charge in [-0.15, -0.1) is 0 Å². The van der Waals surface area contributed by atoms with E-state index in [1.807, 2.05) is 13.8 Å². The number of allylic oxidation sites excluding steroid dienone is 2. The minimum atomic E-state index is -3.45. The van der Waals surface area contributed by atoms with Crippen LogP contribution in [0.15, 0.2) is 58.0 Å². The van der Waals surface area contributed by atoms with Crippen molar-refractivity contribution in [1.29, 1.82) is 0 Å². The molecule has 3 nitrogen and oxygen atoms in total. The molecule has 0 atom stereocenters. The highest BCUT2D eigenvalue weighted by atomic mass is 32.2. The average molecular weight is 265 g/mol. The van der Waals surface area contributed by atoms with Crippen molar-refractivity contribution in [3.8, 4) is 0 Å². The molecule has 4 heteroatoms. The number of sulfone groups is 1. The Labute approximate surface area is 109 Å². The second-order valence-electron chi connectivity index (χ2n) is 4.53. The number of hydrogen-bond acceptors (Lipinski definition) is 3. The SMILES string of the molecule is CC(C)=C/C(=C\N(C)C)S(=O)(=O)c1ccccc1. The summed E-state index contributed by atoms with van der Waals surface area (Å²) < 4.78 is 24.9. The largest absolute Gasteiger partial charge is 0.382 e. The number of rotatable bonds is 4. The first kappa shape index (κ1) is 14.5. The predicted molar refractivity (Wildman–Crippen MR) is 74.8 cm³/mol. The number of nitrogens with zero attached hydrogens (tertiary/aromatic N) is 1. The zero-order valence-corrected chi connectivity index (χ0v) is 12.0. The molecule has 0 radical (unpaired) electrons. The van der Waals surface area contributed by atoms with Crippen LogP contribution in [-0.2, 0) is 9.84 Å². The Bertz CT molecular complexity index is 551. The van der Waals surface area contributed by atoms with Crippen molar-refractivity contribution >= 4 is 9.84 Å². The normalized spacial score (nSPS) is 12.1. The van der Waals surface area contributed by atoms with Gasteiger partial charge in [0.25, 0.3) is 0 Å². The Morgan fingerprint density at radius 1 is 1.11 bits per heavy atom. The monoisotopic (exact) mass is 265 g/mol. The molecule has 0 amide bonds. The van der Waals surface area contributed by atoms with E-state index in [2.05, 4.69) is 0 Å². The molecule has 1 aromatic rings. The summed E-state index contributed by atoms with van der Waals surface area (Å²) in [5, 5.41) is 0. The van der Waals surface area contributed by atoms with Gasteiger partial charge < -0.3 is 4.90 Å². The third-order valence-electron chi connectivity index (χ3n) is 2.18. The van der Waals surface area contributed by atoms with Gasteiger partial charge in [0.05, 0.1) is 9.80 Å². The molecule has 98 valence electrons. The molecule has 0 spiro atoms. The van der Waals surface area contributed by atoms with E-state index in [1.54, 1.807) is 61.6 Å². The first-order valence-electron chi connectivity index (χ1n) is 5.67. The van der Waals surface area contributed by atoms with E-state index < -0.39 is 9.84 Å². The molecule has 0 saturated heterocycles. The van der Waals surface area contributed by atoms with Crippen molar-refractivity contribution < 1.29 is 8.42 Å². The second-order valence-corrected chi connectivity index (χ2v) is 6.48. The fourth-order valence-electron chi connectivity index (χ4n) is 1.46. The highest BCUT2D eigenvalue weighted by Gasteiger charge is 2.18. The van der Waals surface area contributed by atoms with Crippen LogP contribution in [0.25, 0.3) is 0 Å². The molecule has 0 aliphatic rings. The van der Waals surface area contributed by atoms with Crippen LogP contribution in [0.2, 0.25) is 0 Å². The maximum atomic E-state index is 12.5. The molecule has 1 rings (SSSR count). The van der Waals surface area contributed by atoms with Crippen molar-refractivity contribution in [3.05, 3.63) is 53.1 Å². The lowest BCUT2D eigenvalue weighted by Gasteiger charge is -2.10. The molecule has 0 N–H and O–H groups in total.